The fourth-order valence-corrected chi connectivity index (χ4v) is 1.63. The molecule has 0 aromatic carbocycles. The van der Waals surface area contributed by atoms with Crippen LogP contribution in [0.15, 0.2) is 10.8 Å². The zero-order chi connectivity index (χ0) is 7.72. The first-order valence-electron chi connectivity index (χ1n) is 2.97. The molecule has 0 spiro atoms. The van der Waals surface area contributed by atoms with E-state index in [0.717, 1.165) is 15.7 Å². The highest BCUT2D eigenvalue weighted by atomic mass is 79.9. The monoisotopic (exact) mass is 201 g/mol. The quantitative estimate of drug-likeness (QED) is 0.696. The number of aromatic nitrogens is 1. The number of nitrogens with one attached hydrogen (secondary N) is 1. The second kappa shape index (κ2) is 2.58. The summed E-state index contributed by atoms with van der Waals surface area (Å²) >= 11 is 3.24. The summed E-state index contributed by atoms with van der Waals surface area (Å²) in [4.78, 5) is 13.8. The lowest BCUT2D eigenvalue weighted by Crippen LogP contribution is -1.92. The van der Waals surface area contributed by atoms with Gasteiger partial charge < -0.3 is 4.98 Å². The van der Waals surface area contributed by atoms with Crippen molar-refractivity contribution < 1.29 is 4.79 Å². The molecule has 2 nitrogen and oxygen atoms in total. The van der Waals surface area contributed by atoms with Crippen LogP contribution in [0, 0.1) is 6.92 Å². The molecule has 0 bridgehead atoms. The molecule has 10 heavy (non-hydrogen) atoms. The third-order valence-corrected chi connectivity index (χ3v) is 2.01. The number of rotatable bonds is 1. The molecule has 54 valence electrons. The number of H-pyrrole nitrogens is 1. The minimum Gasteiger partial charge on any atom is -0.355 e. The third kappa shape index (κ3) is 1.14. The SMILES string of the molecule is CC(=O)c1c(C)c[nH]c1Br. The number of aromatic amines is 1. The first kappa shape index (κ1) is 7.54. The van der Waals surface area contributed by atoms with Crippen LogP contribution in [0.3, 0.4) is 0 Å². The average Bonchev–Trinajstić information content (AvgIpc) is 2.11. The zero-order valence-corrected chi connectivity index (χ0v) is 7.45. The zero-order valence-electron chi connectivity index (χ0n) is 5.86. The Bertz CT molecular complexity index is 245. The molecular weight excluding hydrogens is 194 g/mol. The van der Waals surface area contributed by atoms with Crippen molar-refractivity contribution in [3.63, 3.8) is 0 Å². The lowest BCUT2D eigenvalue weighted by Gasteiger charge is -1.91. The van der Waals surface area contributed by atoms with Gasteiger partial charge in [-0.2, -0.15) is 0 Å². The second-order valence-electron chi connectivity index (χ2n) is 2.22. The van der Waals surface area contributed by atoms with E-state index in [2.05, 4.69) is 20.9 Å². The first-order chi connectivity index (χ1) is 4.63. The van der Waals surface area contributed by atoms with Gasteiger partial charge in [-0.05, 0) is 35.3 Å². The summed E-state index contributed by atoms with van der Waals surface area (Å²) in [5, 5.41) is 0. The summed E-state index contributed by atoms with van der Waals surface area (Å²) < 4.78 is 0.775. The van der Waals surface area contributed by atoms with Gasteiger partial charge in [-0.15, -0.1) is 0 Å². The van der Waals surface area contributed by atoms with E-state index in [1.807, 2.05) is 6.92 Å². The van der Waals surface area contributed by atoms with Crippen molar-refractivity contribution in [3.8, 4) is 0 Å². The summed E-state index contributed by atoms with van der Waals surface area (Å²) in [6, 6.07) is 0. The maximum Gasteiger partial charge on any atom is 0.162 e. The van der Waals surface area contributed by atoms with Crippen molar-refractivity contribution in [1.82, 2.24) is 4.98 Å². The van der Waals surface area contributed by atoms with E-state index in [4.69, 9.17) is 0 Å². The molecule has 3 heteroatoms. The lowest BCUT2D eigenvalue weighted by molar-refractivity contribution is 0.101. The molecule has 0 aliphatic carbocycles. The Morgan fingerprint density at radius 2 is 2.30 bits per heavy atom. The molecule has 1 rings (SSSR count). The summed E-state index contributed by atoms with van der Waals surface area (Å²) in [6.07, 6.45) is 1.81. The molecule has 1 N–H and O–H groups in total. The number of ketones is 1. The molecule has 0 amide bonds. The summed E-state index contributed by atoms with van der Waals surface area (Å²) in [7, 11) is 0. The maximum atomic E-state index is 10.9. The largest absolute Gasteiger partial charge is 0.355 e. The maximum absolute atomic E-state index is 10.9. The van der Waals surface area contributed by atoms with E-state index in [1.54, 1.807) is 13.1 Å². The molecular formula is C7H8BrNO. The predicted molar refractivity (Wildman–Crippen MR) is 43.2 cm³/mol. The minimum atomic E-state index is 0.0885. The number of Topliss-reactive ketones (excluding diaryl/α,β-unsaturated/α-hetero) is 1. The van der Waals surface area contributed by atoms with Crippen LogP contribution in [-0.2, 0) is 0 Å². The van der Waals surface area contributed by atoms with Gasteiger partial charge in [0.15, 0.2) is 5.78 Å². The Hall–Kier alpha value is -0.570. The highest BCUT2D eigenvalue weighted by Gasteiger charge is 2.08. The Morgan fingerprint density at radius 1 is 1.70 bits per heavy atom. The minimum absolute atomic E-state index is 0.0885. The highest BCUT2D eigenvalue weighted by Crippen LogP contribution is 2.18. The van der Waals surface area contributed by atoms with Crippen molar-refractivity contribution >= 4 is 21.7 Å². The van der Waals surface area contributed by atoms with Gasteiger partial charge in [0.05, 0.1) is 10.2 Å². The van der Waals surface area contributed by atoms with Crippen LogP contribution in [0.5, 0.6) is 0 Å². The molecule has 0 saturated heterocycles. The van der Waals surface area contributed by atoms with Gasteiger partial charge in [-0.3, -0.25) is 4.79 Å². The molecule has 0 saturated carbocycles. The van der Waals surface area contributed by atoms with Crippen LogP contribution in [0.2, 0.25) is 0 Å². The average molecular weight is 202 g/mol. The first-order valence-corrected chi connectivity index (χ1v) is 3.76. The Morgan fingerprint density at radius 3 is 2.50 bits per heavy atom. The van der Waals surface area contributed by atoms with Gasteiger partial charge in [0, 0.05) is 6.20 Å². The molecule has 1 aromatic heterocycles. The molecule has 0 aliphatic heterocycles. The van der Waals surface area contributed by atoms with Crippen LogP contribution in [0.25, 0.3) is 0 Å². The smallest absolute Gasteiger partial charge is 0.162 e. The van der Waals surface area contributed by atoms with Crippen molar-refractivity contribution in [2.45, 2.75) is 13.8 Å². The number of carbonyl (C=O) groups is 1. The number of halogens is 1. The van der Waals surface area contributed by atoms with E-state index in [-0.39, 0.29) is 5.78 Å². The second-order valence-corrected chi connectivity index (χ2v) is 3.01. The van der Waals surface area contributed by atoms with Crippen LogP contribution in [0.1, 0.15) is 22.8 Å². The topological polar surface area (TPSA) is 32.9 Å². The van der Waals surface area contributed by atoms with Crippen molar-refractivity contribution in [2.24, 2.45) is 0 Å². The van der Waals surface area contributed by atoms with Gasteiger partial charge in [0.25, 0.3) is 0 Å². The summed E-state index contributed by atoms with van der Waals surface area (Å²) in [6.45, 7) is 3.46. The number of carbonyl (C=O) groups excluding carboxylic acids is 1. The van der Waals surface area contributed by atoms with Gasteiger partial charge in [-0.25, -0.2) is 0 Å². The molecule has 0 radical (unpaired) electrons. The lowest BCUT2D eigenvalue weighted by atomic mass is 10.2. The summed E-state index contributed by atoms with van der Waals surface area (Å²) in [5.41, 5.74) is 1.74. The normalized spacial score (nSPS) is 9.90. The van der Waals surface area contributed by atoms with Crippen LogP contribution in [-0.4, -0.2) is 10.8 Å². The predicted octanol–water partition coefficient (Wildman–Crippen LogP) is 2.29. The Kier molecular flexibility index (Phi) is 1.94. The van der Waals surface area contributed by atoms with Crippen molar-refractivity contribution in [3.05, 3.63) is 21.9 Å². The van der Waals surface area contributed by atoms with Gasteiger partial charge in [-0.1, -0.05) is 0 Å². The molecule has 0 fully saturated rings. The summed E-state index contributed by atoms with van der Waals surface area (Å²) in [5.74, 6) is 0.0885. The highest BCUT2D eigenvalue weighted by molar-refractivity contribution is 9.10. The van der Waals surface area contributed by atoms with Gasteiger partial charge in [0.1, 0.15) is 0 Å². The molecule has 0 atom stereocenters. The third-order valence-electron chi connectivity index (χ3n) is 1.38. The van der Waals surface area contributed by atoms with Crippen molar-refractivity contribution in [2.75, 3.05) is 0 Å². The number of aryl methyl sites for hydroxylation is 1. The van der Waals surface area contributed by atoms with Crippen LogP contribution in [0.4, 0.5) is 0 Å². The van der Waals surface area contributed by atoms with Crippen LogP contribution < -0.4 is 0 Å². The van der Waals surface area contributed by atoms with E-state index in [1.165, 1.54) is 0 Å². The van der Waals surface area contributed by atoms with Gasteiger partial charge in [0.2, 0.25) is 0 Å². The van der Waals surface area contributed by atoms with Crippen LogP contribution >= 0.6 is 15.9 Å². The fourth-order valence-electron chi connectivity index (χ4n) is 0.921. The van der Waals surface area contributed by atoms with Gasteiger partial charge >= 0.3 is 0 Å². The molecule has 1 aromatic rings. The molecule has 0 unspecified atom stereocenters. The molecule has 1 heterocycles. The number of hydrogen-bond donors (Lipinski definition) is 1. The fraction of sp³-hybridized carbons (Fsp3) is 0.286. The Balaban J connectivity index is 3.23. The Labute approximate surface area is 67.8 Å². The van der Waals surface area contributed by atoms with E-state index in [9.17, 15) is 4.79 Å². The van der Waals surface area contributed by atoms with E-state index in [0.29, 0.717) is 0 Å². The van der Waals surface area contributed by atoms with E-state index >= 15 is 0 Å². The van der Waals surface area contributed by atoms with E-state index < -0.39 is 0 Å². The number of hydrogen-bond acceptors (Lipinski definition) is 1. The molecule has 0 aliphatic rings. The van der Waals surface area contributed by atoms with Crippen molar-refractivity contribution in [1.29, 1.82) is 0 Å². The standard InChI is InChI=1S/C7H8BrNO/c1-4-3-9-7(8)6(4)5(2)10/h3,9H,1-2H3.